The fourth-order valence-corrected chi connectivity index (χ4v) is 1.41. The maximum absolute atomic E-state index is 11.6. The average molecular weight is 276 g/mol. The smallest absolute Gasteiger partial charge is 0.336 e. The highest BCUT2D eigenvalue weighted by Crippen LogP contribution is 2.23. The van der Waals surface area contributed by atoms with Crippen LogP contribution in [0.25, 0.3) is 0 Å². The summed E-state index contributed by atoms with van der Waals surface area (Å²) in [4.78, 5) is 33.0. The lowest BCUT2D eigenvalue weighted by molar-refractivity contribution is -0.177. The van der Waals surface area contributed by atoms with E-state index in [0.717, 1.165) is 0 Å². The molecular weight excluding hydrogens is 256 g/mol. The first kappa shape index (κ1) is 17.4. The van der Waals surface area contributed by atoms with Gasteiger partial charge in [0.25, 0.3) is 0 Å². The standard InChI is InChI=1S/C12H20O7/c1-4-11(3,5-2)19-9(15)7-12(18,10(16)17)6-8(13)14/h18H,4-7H2,1-3H3,(H,13,14)(H,16,17). The molecule has 0 saturated heterocycles. The lowest BCUT2D eigenvalue weighted by Gasteiger charge is -2.29. The SMILES string of the molecule is CCC(C)(CC)OC(=O)CC(O)(CC(=O)O)C(=O)O. The fraction of sp³-hybridized carbons (Fsp3) is 0.750. The molecule has 0 aromatic carbocycles. The van der Waals surface area contributed by atoms with Crippen molar-refractivity contribution < 1.29 is 34.4 Å². The van der Waals surface area contributed by atoms with Crippen LogP contribution in [0, 0.1) is 0 Å². The molecule has 0 aliphatic heterocycles. The fourth-order valence-electron chi connectivity index (χ4n) is 1.41. The summed E-state index contributed by atoms with van der Waals surface area (Å²) in [6.07, 6.45) is -0.907. The van der Waals surface area contributed by atoms with Crippen molar-refractivity contribution in [3.05, 3.63) is 0 Å². The number of carbonyl (C=O) groups is 3. The molecule has 7 nitrogen and oxygen atoms in total. The van der Waals surface area contributed by atoms with Crippen LogP contribution in [0.3, 0.4) is 0 Å². The first-order chi connectivity index (χ1) is 8.58. The van der Waals surface area contributed by atoms with E-state index in [9.17, 15) is 19.5 Å². The highest BCUT2D eigenvalue weighted by molar-refractivity contribution is 5.88. The lowest BCUT2D eigenvalue weighted by atomic mass is 9.95. The van der Waals surface area contributed by atoms with Gasteiger partial charge in [-0.2, -0.15) is 0 Å². The summed E-state index contributed by atoms with van der Waals surface area (Å²) in [5, 5.41) is 27.1. The number of aliphatic carboxylic acids is 2. The summed E-state index contributed by atoms with van der Waals surface area (Å²) in [6, 6.07) is 0. The quantitative estimate of drug-likeness (QED) is 0.560. The Hall–Kier alpha value is -1.63. The number of rotatable bonds is 8. The summed E-state index contributed by atoms with van der Waals surface area (Å²) in [6.45, 7) is 5.29. The summed E-state index contributed by atoms with van der Waals surface area (Å²) in [5.41, 5.74) is -3.40. The van der Waals surface area contributed by atoms with E-state index in [-0.39, 0.29) is 0 Å². The Balaban J connectivity index is 4.83. The summed E-state index contributed by atoms with van der Waals surface area (Å²) in [7, 11) is 0. The molecule has 7 heteroatoms. The van der Waals surface area contributed by atoms with Crippen LogP contribution in [0.4, 0.5) is 0 Å². The number of hydrogen-bond donors (Lipinski definition) is 3. The molecule has 0 spiro atoms. The second-order valence-electron chi connectivity index (χ2n) is 4.72. The van der Waals surface area contributed by atoms with Gasteiger partial charge < -0.3 is 20.1 Å². The third kappa shape index (κ3) is 5.25. The highest BCUT2D eigenvalue weighted by atomic mass is 16.6. The van der Waals surface area contributed by atoms with E-state index in [1.54, 1.807) is 20.8 Å². The van der Waals surface area contributed by atoms with Gasteiger partial charge in [-0.25, -0.2) is 4.79 Å². The molecule has 0 fully saturated rings. The minimum atomic E-state index is -2.65. The minimum absolute atomic E-state index is 0.527. The van der Waals surface area contributed by atoms with Crippen LogP contribution in [0.15, 0.2) is 0 Å². The van der Waals surface area contributed by atoms with E-state index in [0.29, 0.717) is 12.8 Å². The van der Waals surface area contributed by atoms with Crippen molar-refractivity contribution in [1.82, 2.24) is 0 Å². The topological polar surface area (TPSA) is 121 Å². The van der Waals surface area contributed by atoms with E-state index in [2.05, 4.69) is 0 Å². The van der Waals surface area contributed by atoms with Crippen molar-refractivity contribution in [2.45, 2.75) is 57.7 Å². The number of esters is 1. The van der Waals surface area contributed by atoms with Gasteiger partial charge in [-0.05, 0) is 19.8 Å². The highest BCUT2D eigenvalue weighted by Gasteiger charge is 2.42. The van der Waals surface area contributed by atoms with E-state index in [4.69, 9.17) is 14.9 Å². The summed E-state index contributed by atoms with van der Waals surface area (Å²) in [5.74, 6) is -4.20. The Labute approximate surface area is 111 Å². The van der Waals surface area contributed by atoms with Crippen LogP contribution in [-0.4, -0.2) is 44.4 Å². The maximum atomic E-state index is 11.6. The predicted molar refractivity (Wildman–Crippen MR) is 64.5 cm³/mol. The molecular formula is C12H20O7. The Bertz CT molecular complexity index is 359. The van der Waals surface area contributed by atoms with E-state index >= 15 is 0 Å². The molecule has 1 atom stereocenters. The molecule has 1 unspecified atom stereocenters. The second kappa shape index (κ2) is 6.51. The zero-order chi connectivity index (χ0) is 15.3. The van der Waals surface area contributed by atoms with Gasteiger partial charge >= 0.3 is 17.9 Å². The number of carboxylic acids is 2. The molecule has 0 aromatic rings. The second-order valence-corrected chi connectivity index (χ2v) is 4.72. The van der Waals surface area contributed by atoms with Crippen LogP contribution >= 0.6 is 0 Å². The third-order valence-electron chi connectivity index (χ3n) is 3.13. The Morgan fingerprint density at radius 2 is 1.53 bits per heavy atom. The Kier molecular flexibility index (Phi) is 5.95. The van der Waals surface area contributed by atoms with Gasteiger partial charge in [0.1, 0.15) is 5.60 Å². The van der Waals surface area contributed by atoms with Gasteiger partial charge in [-0.1, -0.05) is 13.8 Å². The van der Waals surface area contributed by atoms with Gasteiger partial charge in [0.15, 0.2) is 5.60 Å². The maximum Gasteiger partial charge on any atom is 0.336 e. The van der Waals surface area contributed by atoms with Crippen LogP contribution in [0.2, 0.25) is 0 Å². The van der Waals surface area contributed by atoms with Crippen molar-refractivity contribution in [3.63, 3.8) is 0 Å². The first-order valence-corrected chi connectivity index (χ1v) is 5.98. The van der Waals surface area contributed by atoms with Crippen LogP contribution in [0.1, 0.15) is 46.5 Å². The molecule has 0 amide bonds. The molecule has 0 bridgehead atoms. The largest absolute Gasteiger partial charge is 0.481 e. The molecule has 0 heterocycles. The first-order valence-electron chi connectivity index (χ1n) is 5.98. The van der Waals surface area contributed by atoms with Crippen LogP contribution < -0.4 is 0 Å². The zero-order valence-electron chi connectivity index (χ0n) is 11.3. The predicted octanol–water partition coefficient (Wildman–Crippen LogP) is 0.789. The van der Waals surface area contributed by atoms with Gasteiger partial charge in [-0.3, -0.25) is 9.59 Å². The van der Waals surface area contributed by atoms with E-state index in [1.807, 2.05) is 0 Å². The van der Waals surface area contributed by atoms with Crippen LogP contribution in [-0.2, 0) is 19.1 Å². The van der Waals surface area contributed by atoms with E-state index in [1.165, 1.54) is 0 Å². The Morgan fingerprint density at radius 3 is 1.84 bits per heavy atom. The summed E-state index contributed by atoms with van der Waals surface area (Å²) < 4.78 is 5.11. The monoisotopic (exact) mass is 276 g/mol. The van der Waals surface area contributed by atoms with Crippen molar-refractivity contribution >= 4 is 17.9 Å². The minimum Gasteiger partial charge on any atom is -0.481 e. The normalized spacial score (nSPS) is 14.5. The number of ether oxygens (including phenoxy) is 1. The van der Waals surface area contributed by atoms with Crippen molar-refractivity contribution in [2.75, 3.05) is 0 Å². The van der Waals surface area contributed by atoms with Gasteiger partial charge in [0.05, 0.1) is 12.8 Å². The van der Waals surface area contributed by atoms with Gasteiger partial charge in [0.2, 0.25) is 0 Å². The van der Waals surface area contributed by atoms with Crippen molar-refractivity contribution in [3.8, 4) is 0 Å². The van der Waals surface area contributed by atoms with E-state index < -0.39 is 42.0 Å². The zero-order valence-corrected chi connectivity index (χ0v) is 11.3. The number of hydrogen-bond acceptors (Lipinski definition) is 5. The third-order valence-corrected chi connectivity index (χ3v) is 3.13. The number of carbonyl (C=O) groups excluding carboxylic acids is 1. The molecule has 110 valence electrons. The summed E-state index contributed by atoms with van der Waals surface area (Å²) >= 11 is 0. The molecule has 0 radical (unpaired) electrons. The van der Waals surface area contributed by atoms with Gasteiger partial charge in [0, 0.05) is 0 Å². The van der Waals surface area contributed by atoms with Gasteiger partial charge in [-0.15, -0.1) is 0 Å². The lowest BCUT2D eigenvalue weighted by Crippen LogP contribution is -2.44. The number of carboxylic acid groups (broad SMARTS) is 2. The molecule has 0 saturated carbocycles. The molecule has 0 aromatic heterocycles. The molecule has 0 rings (SSSR count). The average Bonchev–Trinajstić information content (AvgIpc) is 2.27. The van der Waals surface area contributed by atoms with Crippen molar-refractivity contribution in [2.24, 2.45) is 0 Å². The molecule has 19 heavy (non-hydrogen) atoms. The Morgan fingerprint density at radius 1 is 1.05 bits per heavy atom. The number of aliphatic hydroxyl groups is 1. The van der Waals surface area contributed by atoms with Crippen LogP contribution in [0.5, 0.6) is 0 Å². The molecule has 3 N–H and O–H groups in total. The molecule has 0 aliphatic carbocycles. The molecule has 0 aliphatic rings. The van der Waals surface area contributed by atoms with Crippen molar-refractivity contribution in [1.29, 1.82) is 0 Å².